The Morgan fingerprint density at radius 1 is 1.58 bits per heavy atom. The van der Waals surface area contributed by atoms with Crippen LogP contribution in [0, 0.1) is 6.92 Å². The van der Waals surface area contributed by atoms with Crippen molar-refractivity contribution < 1.29 is 18.7 Å². The van der Waals surface area contributed by atoms with E-state index < -0.39 is 0 Å². The zero-order chi connectivity index (χ0) is 13.7. The minimum absolute atomic E-state index is 0.177. The third kappa shape index (κ3) is 3.79. The SMILES string of the molecule is Cc1oc(COCC2CCCCO2)cc1C(=O)NN. The Bertz CT molecular complexity index is 424. The molecule has 0 spiro atoms. The molecule has 1 aromatic heterocycles. The number of nitrogens with one attached hydrogen (secondary N) is 1. The lowest BCUT2D eigenvalue weighted by molar-refractivity contribution is -0.0472. The highest BCUT2D eigenvalue weighted by Crippen LogP contribution is 2.17. The molecule has 0 bridgehead atoms. The number of hydrazine groups is 1. The van der Waals surface area contributed by atoms with Gasteiger partial charge >= 0.3 is 0 Å². The summed E-state index contributed by atoms with van der Waals surface area (Å²) >= 11 is 0. The molecular weight excluding hydrogens is 248 g/mol. The van der Waals surface area contributed by atoms with Crippen LogP contribution in [0.2, 0.25) is 0 Å². The van der Waals surface area contributed by atoms with Crippen LogP contribution in [0.5, 0.6) is 0 Å². The molecule has 1 atom stereocenters. The van der Waals surface area contributed by atoms with Crippen LogP contribution < -0.4 is 11.3 Å². The van der Waals surface area contributed by atoms with Gasteiger partial charge in [0.1, 0.15) is 18.1 Å². The van der Waals surface area contributed by atoms with E-state index in [-0.39, 0.29) is 12.0 Å². The molecule has 3 N–H and O–H groups in total. The first-order valence-electron chi connectivity index (χ1n) is 6.50. The monoisotopic (exact) mass is 268 g/mol. The van der Waals surface area contributed by atoms with Crippen LogP contribution in [0.4, 0.5) is 0 Å². The van der Waals surface area contributed by atoms with Crippen LogP contribution in [0.25, 0.3) is 0 Å². The number of carbonyl (C=O) groups is 1. The lowest BCUT2D eigenvalue weighted by Crippen LogP contribution is -2.30. The second kappa shape index (κ2) is 6.70. The van der Waals surface area contributed by atoms with Crippen molar-refractivity contribution in [2.45, 2.75) is 38.9 Å². The maximum absolute atomic E-state index is 11.4. The number of carbonyl (C=O) groups excluding carboxylic acids is 1. The average molecular weight is 268 g/mol. The van der Waals surface area contributed by atoms with Crippen LogP contribution in [0.1, 0.15) is 41.1 Å². The minimum Gasteiger partial charge on any atom is -0.463 e. The van der Waals surface area contributed by atoms with E-state index in [0.29, 0.717) is 30.3 Å². The molecule has 0 saturated carbocycles. The maximum Gasteiger partial charge on any atom is 0.268 e. The third-order valence-corrected chi connectivity index (χ3v) is 3.17. The fraction of sp³-hybridized carbons (Fsp3) is 0.615. The molecule has 2 heterocycles. The number of ether oxygens (including phenoxy) is 2. The predicted octanol–water partition coefficient (Wildman–Crippen LogP) is 1.28. The van der Waals surface area contributed by atoms with Crippen molar-refractivity contribution in [1.82, 2.24) is 5.43 Å². The van der Waals surface area contributed by atoms with Gasteiger partial charge in [0, 0.05) is 6.61 Å². The largest absolute Gasteiger partial charge is 0.463 e. The van der Waals surface area contributed by atoms with Gasteiger partial charge in [0.15, 0.2) is 0 Å². The molecule has 106 valence electrons. The highest BCUT2D eigenvalue weighted by molar-refractivity contribution is 5.94. The van der Waals surface area contributed by atoms with Crippen molar-refractivity contribution >= 4 is 5.91 Å². The zero-order valence-corrected chi connectivity index (χ0v) is 11.1. The Balaban J connectivity index is 1.81. The van der Waals surface area contributed by atoms with Gasteiger partial charge in [-0.1, -0.05) is 0 Å². The van der Waals surface area contributed by atoms with Crippen LogP contribution >= 0.6 is 0 Å². The van der Waals surface area contributed by atoms with Crippen molar-refractivity contribution in [2.24, 2.45) is 5.84 Å². The van der Waals surface area contributed by atoms with Crippen molar-refractivity contribution in [3.05, 3.63) is 23.2 Å². The Morgan fingerprint density at radius 3 is 3.11 bits per heavy atom. The summed E-state index contributed by atoms with van der Waals surface area (Å²) in [4.78, 5) is 11.4. The first-order valence-corrected chi connectivity index (χ1v) is 6.50. The van der Waals surface area contributed by atoms with Crippen molar-refractivity contribution in [1.29, 1.82) is 0 Å². The van der Waals surface area contributed by atoms with E-state index >= 15 is 0 Å². The predicted molar refractivity (Wildman–Crippen MR) is 68.3 cm³/mol. The number of nitrogen functional groups attached to an aromatic ring is 1. The molecule has 0 radical (unpaired) electrons. The number of nitrogens with two attached hydrogens (primary N) is 1. The summed E-state index contributed by atoms with van der Waals surface area (Å²) in [5.41, 5.74) is 2.52. The molecule has 6 heteroatoms. The van der Waals surface area contributed by atoms with E-state index in [1.165, 1.54) is 6.42 Å². The summed E-state index contributed by atoms with van der Waals surface area (Å²) in [6, 6.07) is 1.65. The van der Waals surface area contributed by atoms with Gasteiger partial charge in [-0.3, -0.25) is 10.2 Å². The second-order valence-corrected chi connectivity index (χ2v) is 4.66. The number of furan rings is 1. The minimum atomic E-state index is -0.358. The molecule has 0 aromatic carbocycles. The molecule has 1 aromatic rings. The van der Waals surface area contributed by atoms with Gasteiger partial charge in [-0.05, 0) is 32.3 Å². The summed E-state index contributed by atoms with van der Waals surface area (Å²) in [5, 5.41) is 0. The average Bonchev–Trinajstić information content (AvgIpc) is 2.80. The Labute approximate surface area is 112 Å². The maximum atomic E-state index is 11.4. The fourth-order valence-electron chi connectivity index (χ4n) is 2.15. The molecule has 1 amide bonds. The molecule has 1 saturated heterocycles. The Hall–Kier alpha value is -1.37. The van der Waals surface area contributed by atoms with Crippen molar-refractivity contribution in [3.63, 3.8) is 0 Å². The van der Waals surface area contributed by atoms with Crippen LogP contribution in [0.15, 0.2) is 10.5 Å². The number of hydrogen-bond acceptors (Lipinski definition) is 5. The molecular formula is C13H20N2O4. The summed E-state index contributed by atoms with van der Waals surface area (Å²) in [6.45, 7) is 3.42. The number of aryl methyl sites for hydroxylation is 1. The van der Waals surface area contributed by atoms with E-state index in [4.69, 9.17) is 19.7 Å². The summed E-state index contributed by atoms with van der Waals surface area (Å²) in [6.07, 6.45) is 3.54. The van der Waals surface area contributed by atoms with E-state index in [1.54, 1.807) is 13.0 Å². The standard InChI is InChI=1S/C13H20N2O4/c1-9-12(13(16)15-14)6-11(19-9)8-17-7-10-4-2-3-5-18-10/h6,10H,2-5,7-8,14H2,1H3,(H,15,16). The molecule has 1 fully saturated rings. The molecule has 1 unspecified atom stereocenters. The topological polar surface area (TPSA) is 86.7 Å². The van der Waals surface area contributed by atoms with Gasteiger partial charge in [-0.15, -0.1) is 0 Å². The van der Waals surface area contributed by atoms with E-state index in [9.17, 15) is 4.79 Å². The first-order chi connectivity index (χ1) is 9.20. The quantitative estimate of drug-likeness (QED) is 0.477. The second-order valence-electron chi connectivity index (χ2n) is 4.66. The molecule has 19 heavy (non-hydrogen) atoms. The molecule has 2 rings (SSSR count). The molecule has 0 aliphatic carbocycles. The van der Waals surface area contributed by atoms with Gasteiger partial charge < -0.3 is 13.9 Å². The van der Waals surface area contributed by atoms with Crippen LogP contribution in [-0.2, 0) is 16.1 Å². The zero-order valence-electron chi connectivity index (χ0n) is 11.1. The van der Waals surface area contributed by atoms with Crippen molar-refractivity contribution in [3.8, 4) is 0 Å². The lowest BCUT2D eigenvalue weighted by Gasteiger charge is -2.21. The van der Waals surface area contributed by atoms with E-state index in [0.717, 1.165) is 19.4 Å². The smallest absolute Gasteiger partial charge is 0.268 e. The van der Waals surface area contributed by atoms with E-state index in [1.807, 2.05) is 0 Å². The molecule has 6 nitrogen and oxygen atoms in total. The summed E-state index contributed by atoms with van der Waals surface area (Å²) in [5.74, 6) is 5.89. The lowest BCUT2D eigenvalue weighted by atomic mass is 10.1. The van der Waals surface area contributed by atoms with E-state index in [2.05, 4.69) is 5.43 Å². The summed E-state index contributed by atoms with van der Waals surface area (Å²) in [7, 11) is 0. The highest BCUT2D eigenvalue weighted by atomic mass is 16.5. The Morgan fingerprint density at radius 2 is 2.42 bits per heavy atom. The third-order valence-electron chi connectivity index (χ3n) is 3.17. The van der Waals surface area contributed by atoms with Gasteiger partial charge in [0.25, 0.3) is 5.91 Å². The van der Waals surface area contributed by atoms with Gasteiger partial charge in [0.05, 0.1) is 18.3 Å². The van der Waals surface area contributed by atoms with Gasteiger partial charge in [0.2, 0.25) is 0 Å². The molecule has 1 aliphatic rings. The van der Waals surface area contributed by atoms with Gasteiger partial charge in [-0.25, -0.2) is 5.84 Å². The molecule has 1 aliphatic heterocycles. The Kier molecular flexibility index (Phi) is 4.95. The first kappa shape index (κ1) is 14.0. The van der Waals surface area contributed by atoms with Crippen LogP contribution in [0.3, 0.4) is 0 Å². The highest BCUT2D eigenvalue weighted by Gasteiger charge is 2.16. The number of amides is 1. The fourth-order valence-corrected chi connectivity index (χ4v) is 2.15. The number of hydrogen-bond donors (Lipinski definition) is 2. The normalized spacial score (nSPS) is 19.4. The van der Waals surface area contributed by atoms with Crippen molar-refractivity contribution in [2.75, 3.05) is 13.2 Å². The van der Waals surface area contributed by atoms with Crippen LogP contribution in [-0.4, -0.2) is 25.2 Å². The summed E-state index contributed by atoms with van der Waals surface area (Å²) < 4.78 is 16.6. The number of rotatable bonds is 5. The van der Waals surface area contributed by atoms with Gasteiger partial charge in [-0.2, -0.15) is 0 Å².